The van der Waals surface area contributed by atoms with E-state index >= 15 is 0 Å². The van der Waals surface area contributed by atoms with Gasteiger partial charge in [-0.15, -0.1) is 0 Å². The average Bonchev–Trinajstić information content (AvgIpc) is 2.60. The molecule has 1 N–H and O–H groups in total. The second-order valence-corrected chi connectivity index (χ2v) is 5.80. The van der Waals surface area contributed by atoms with Gasteiger partial charge in [0.2, 0.25) is 5.91 Å². The van der Waals surface area contributed by atoms with E-state index in [2.05, 4.69) is 15.0 Å². The smallest absolute Gasteiger partial charge is 0.379 e. The minimum absolute atomic E-state index is 0.00476. The quantitative estimate of drug-likeness (QED) is 0.722. The van der Waals surface area contributed by atoms with E-state index in [-0.39, 0.29) is 25.0 Å². The van der Waals surface area contributed by atoms with E-state index in [4.69, 9.17) is 4.74 Å². The van der Waals surface area contributed by atoms with Crippen molar-refractivity contribution >= 4 is 5.91 Å². The SMILES string of the molecule is O=C(CCOCC(F)(F)F)NCC(c1ccccc1)N1CCOCC1. The minimum Gasteiger partial charge on any atom is -0.379 e. The molecule has 1 fully saturated rings. The maximum Gasteiger partial charge on any atom is 0.411 e. The van der Waals surface area contributed by atoms with Crippen LogP contribution in [0, 0.1) is 0 Å². The van der Waals surface area contributed by atoms with Crippen molar-refractivity contribution in [3.63, 3.8) is 0 Å². The van der Waals surface area contributed by atoms with Crippen LogP contribution in [0.15, 0.2) is 30.3 Å². The average molecular weight is 360 g/mol. The third-order valence-electron chi connectivity index (χ3n) is 3.90. The summed E-state index contributed by atoms with van der Waals surface area (Å²) in [5.74, 6) is -0.323. The van der Waals surface area contributed by atoms with Gasteiger partial charge in [-0.25, -0.2) is 0 Å². The highest BCUT2D eigenvalue weighted by molar-refractivity contribution is 5.76. The molecule has 0 saturated carbocycles. The molecule has 1 aromatic rings. The lowest BCUT2D eigenvalue weighted by molar-refractivity contribution is -0.174. The Kier molecular flexibility index (Phi) is 7.67. The maximum absolute atomic E-state index is 12.0. The number of nitrogens with zero attached hydrogens (tertiary/aromatic N) is 1. The zero-order valence-corrected chi connectivity index (χ0v) is 13.9. The molecule has 1 atom stereocenters. The Labute approximate surface area is 145 Å². The van der Waals surface area contributed by atoms with Crippen LogP contribution in [0.25, 0.3) is 0 Å². The lowest BCUT2D eigenvalue weighted by Gasteiger charge is -2.35. The summed E-state index contributed by atoms with van der Waals surface area (Å²) in [7, 11) is 0. The fraction of sp³-hybridized carbons (Fsp3) is 0.588. The van der Waals surface area contributed by atoms with Crippen LogP contribution >= 0.6 is 0 Å². The van der Waals surface area contributed by atoms with Crippen LogP contribution < -0.4 is 5.32 Å². The van der Waals surface area contributed by atoms with Crippen molar-refractivity contribution in [3.05, 3.63) is 35.9 Å². The summed E-state index contributed by atoms with van der Waals surface area (Å²) in [6.45, 7) is 1.63. The third-order valence-corrected chi connectivity index (χ3v) is 3.90. The lowest BCUT2D eigenvalue weighted by Crippen LogP contribution is -2.43. The van der Waals surface area contributed by atoms with Gasteiger partial charge in [-0.05, 0) is 5.56 Å². The third kappa shape index (κ3) is 7.41. The summed E-state index contributed by atoms with van der Waals surface area (Å²) < 4.78 is 45.8. The summed E-state index contributed by atoms with van der Waals surface area (Å²) in [4.78, 5) is 14.1. The molecule has 1 saturated heterocycles. The largest absolute Gasteiger partial charge is 0.411 e. The van der Waals surface area contributed by atoms with Crippen molar-refractivity contribution in [1.82, 2.24) is 10.2 Å². The molecule has 1 aromatic carbocycles. The molecule has 0 aromatic heterocycles. The summed E-state index contributed by atoms with van der Waals surface area (Å²) >= 11 is 0. The van der Waals surface area contributed by atoms with Crippen molar-refractivity contribution in [2.45, 2.75) is 18.6 Å². The molecule has 0 aliphatic carbocycles. The molecule has 25 heavy (non-hydrogen) atoms. The Bertz CT molecular complexity index is 520. The van der Waals surface area contributed by atoms with Gasteiger partial charge in [-0.3, -0.25) is 9.69 Å². The minimum atomic E-state index is -4.37. The second kappa shape index (κ2) is 9.74. The van der Waals surface area contributed by atoms with Crippen molar-refractivity contribution in [1.29, 1.82) is 0 Å². The molecule has 0 spiro atoms. The van der Waals surface area contributed by atoms with Crippen LogP contribution in [-0.4, -0.2) is 63.0 Å². The molecular weight excluding hydrogens is 337 g/mol. The Morgan fingerprint density at radius 1 is 1.24 bits per heavy atom. The molecule has 1 aliphatic heterocycles. The molecule has 0 radical (unpaired) electrons. The highest BCUT2D eigenvalue weighted by Crippen LogP contribution is 2.21. The zero-order chi connectivity index (χ0) is 18.1. The van der Waals surface area contributed by atoms with E-state index in [9.17, 15) is 18.0 Å². The van der Waals surface area contributed by atoms with Gasteiger partial charge in [0.15, 0.2) is 0 Å². The van der Waals surface area contributed by atoms with Crippen LogP contribution in [0.5, 0.6) is 0 Å². The molecule has 1 aliphatic rings. The molecule has 140 valence electrons. The molecule has 0 bridgehead atoms. The number of nitrogens with one attached hydrogen (secondary N) is 1. The zero-order valence-electron chi connectivity index (χ0n) is 13.9. The maximum atomic E-state index is 12.0. The first-order valence-electron chi connectivity index (χ1n) is 8.23. The number of carbonyl (C=O) groups excluding carboxylic acids is 1. The normalized spacial score (nSPS) is 17.2. The highest BCUT2D eigenvalue weighted by atomic mass is 19.4. The van der Waals surface area contributed by atoms with E-state index < -0.39 is 12.8 Å². The molecular formula is C17H23F3N2O3. The van der Waals surface area contributed by atoms with Crippen LogP contribution in [0.3, 0.4) is 0 Å². The number of benzene rings is 1. The van der Waals surface area contributed by atoms with Crippen molar-refractivity contribution < 1.29 is 27.4 Å². The predicted molar refractivity (Wildman–Crippen MR) is 86.1 cm³/mol. The lowest BCUT2D eigenvalue weighted by atomic mass is 10.0. The van der Waals surface area contributed by atoms with Gasteiger partial charge in [-0.1, -0.05) is 30.3 Å². The Morgan fingerprint density at radius 3 is 2.56 bits per heavy atom. The number of carbonyl (C=O) groups is 1. The Morgan fingerprint density at radius 2 is 1.92 bits per heavy atom. The number of halogens is 3. The standard InChI is InChI=1S/C17H23F3N2O3/c18-17(19,20)13-25-9-6-16(23)21-12-15(14-4-2-1-3-5-14)22-7-10-24-11-8-22/h1-5,15H,6-13H2,(H,21,23). The van der Waals surface area contributed by atoms with E-state index in [1.165, 1.54) is 0 Å². The van der Waals surface area contributed by atoms with Crippen molar-refractivity contribution in [2.24, 2.45) is 0 Å². The summed E-state index contributed by atoms with van der Waals surface area (Å²) in [5.41, 5.74) is 1.08. The highest BCUT2D eigenvalue weighted by Gasteiger charge is 2.27. The molecule has 1 amide bonds. The van der Waals surface area contributed by atoms with E-state index in [1.54, 1.807) is 0 Å². The first-order chi connectivity index (χ1) is 12.0. The number of rotatable bonds is 8. The van der Waals surface area contributed by atoms with Crippen molar-refractivity contribution in [3.8, 4) is 0 Å². The summed E-state index contributed by atoms with van der Waals surface area (Å²) in [5, 5.41) is 2.79. The first-order valence-corrected chi connectivity index (χ1v) is 8.23. The molecule has 2 rings (SSSR count). The van der Waals surface area contributed by atoms with Gasteiger partial charge >= 0.3 is 6.18 Å². The van der Waals surface area contributed by atoms with Gasteiger partial charge in [0.25, 0.3) is 0 Å². The number of morpholine rings is 1. The van der Waals surface area contributed by atoms with Crippen LogP contribution in [0.1, 0.15) is 18.0 Å². The van der Waals surface area contributed by atoms with Gasteiger partial charge < -0.3 is 14.8 Å². The van der Waals surface area contributed by atoms with E-state index in [0.717, 1.165) is 18.7 Å². The Balaban J connectivity index is 1.82. The molecule has 1 heterocycles. The van der Waals surface area contributed by atoms with Gasteiger partial charge in [0, 0.05) is 26.1 Å². The second-order valence-electron chi connectivity index (χ2n) is 5.80. The van der Waals surface area contributed by atoms with Crippen LogP contribution in [-0.2, 0) is 14.3 Å². The number of hydrogen-bond donors (Lipinski definition) is 1. The number of ether oxygens (including phenoxy) is 2. The number of alkyl halides is 3. The van der Waals surface area contributed by atoms with Gasteiger partial charge in [0.05, 0.1) is 25.9 Å². The first kappa shape index (κ1) is 19.7. The summed E-state index contributed by atoms with van der Waals surface area (Å²) in [6.07, 6.45) is -4.47. The van der Waals surface area contributed by atoms with Gasteiger partial charge in [-0.2, -0.15) is 13.2 Å². The van der Waals surface area contributed by atoms with E-state index in [0.29, 0.717) is 19.8 Å². The van der Waals surface area contributed by atoms with Crippen LogP contribution in [0.4, 0.5) is 13.2 Å². The molecule has 1 unspecified atom stereocenters. The number of hydrogen-bond acceptors (Lipinski definition) is 4. The Hall–Kier alpha value is -1.64. The van der Waals surface area contributed by atoms with Crippen LogP contribution in [0.2, 0.25) is 0 Å². The predicted octanol–water partition coefficient (Wildman–Crippen LogP) is 2.15. The monoisotopic (exact) mass is 360 g/mol. The topological polar surface area (TPSA) is 50.8 Å². The molecule has 8 heteroatoms. The molecule has 5 nitrogen and oxygen atoms in total. The van der Waals surface area contributed by atoms with E-state index in [1.807, 2.05) is 30.3 Å². The fourth-order valence-corrected chi connectivity index (χ4v) is 2.67. The van der Waals surface area contributed by atoms with Crippen molar-refractivity contribution in [2.75, 3.05) is 46.1 Å². The summed E-state index contributed by atoms with van der Waals surface area (Å²) in [6, 6.07) is 9.81. The fourth-order valence-electron chi connectivity index (χ4n) is 2.67. The van der Waals surface area contributed by atoms with Gasteiger partial charge in [0.1, 0.15) is 6.61 Å². The number of amides is 1.